The molecule has 260 valence electrons. The third kappa shape index (κ3) is 7.80. The monoisotopic (exact) mass is 697 g/mol. The summed E-state index contributed by atoms with van der Waals surface area (Å²) in [5.74, 6) is -0.937. The van der Waals surface area contributed by atoms with Crippen molar-refractivity contribution in [1.29, 1.82) is 0 Å². The molecule has 0 spiro atoms. The van der Waals surface area contributed by atoms with E-state index < -0.39 is 41.8 Å². The van der Waals surface area contributed by atoms with Crippen LogP contribution in [0.3, 0.4) is 0 Å². The van der Waals surface area contributed by atoms with Gasteiger partial charge in [0.2, 0.25) is 5.82 Å². The van der Waals surface area contributed by atoms with E-state index in [1.165, 1.54) is 38.8 Å². The van der Waals surface area contributed by atoms with Crippen molar-refractivity contribution in [3.05, 3.63) is 59.1 Å². The summed E-state index contributed by atoms with van der Waals surface area (Å²) < 4.78 is 34.5. The number of amides is 2. The number of pyridine rings is 1. The van der Waals surface area contributed by atoms with Gasteiger partial charge in [0, 0.05) is 43.0 Å². The van der Waals surface area contributed by atoms with Crippen molar-refractivity contribution in [2.24, 2.45) is 7.05 Å². The number of benzene rings is 1. The number of carbonyl (C=O) groups excluding carboxylic acids is 3. The van der Waals surface area contributed by atoms with Crippen molar-refractivity contribution in [2.75, 3.05) is 24.6 Å². The molecule has 0 unspecified atom stereocenters. The lowest BCUT2D eigenvalue weighted by atomic mass is 10.0. The maximum Gasteiger partial charge on any atom is 0.510 e. The first-order valence-electron chi connectivity index (χ1n) is 15.6. The second-order valence-electron chi connectivity index (χ2n) is 12.3. The Kier molecular flexibility index (Phi) is 10.5. The highest BCUT2D eigenvalue weighted by atomic mass is 35.5. The van der Waals surface area contributed by atoms with Crippen LogP contribution < -0.4 is 4.90 Å². The lowest BCUT2D eigenvalue weighted by Crippen LogP contribution is -2.53. The van der Waals surface area contributed by atoms with Crippen LogP contribution in [0.15, 0.2) is 42.7 Å². The Hall–Kier alpha value is -5.12. The van der Waals surface area contributed by atoms with Crippen LogP contribution in [0.2, 0.25) is 5.02 Å². The van der Waals surface area contributed by atoms with Gasteiger partial charge in [-0.1, -0.05) is 17.7 Å². The molecule has 0 aliphatic carbocycles. The van der Waals surface area contributed by atoms with Crippen molar-refractivity contribution < 1.29 is 33.0 Å². The molecule has 0 N–H and O–H groups in total. The second-order valence-corrected chi connectivity index (χ2v) is 12.7. The Labute approximate surface area is 286 Å². The largest absolute Gasteiger partial charge is 0.510 e. The van der Waals surface area contributed by atoms with E-state index in [4.69, 9.17) is 25.8 Å². The van der Waals surface area contributed by atoms with Crippen molar-refractivity contribution in [3.8, 4) is 22.6 Å². The summed E-state index contributed by atoms with van der Waals surface area (Å²) >= 11 is 6.54. The van der Waals surface area contributed by atoms with Gasteiger partial charge in [0.05, 0.1) is 23.9 Å². The maximum absolute atomic E-state index is 16.1. The molecule has 3 aromatic heterocycles. The quantitative estimate of drug-likeness (QED) is 0.209. The molecule has 1 fully saturated rings. The highest BCUT2D eigenvalue weighted by Gasteiger charge is 2.36. The first-order valence-corrected chi connectivity index (χ1v) is 16.0. The second kappa shape index (κ2) is 14.6. The predicted molar refractivity (Wildman–Crippen MR) is 175 cm³/mol. The van der Waals surface area contributed by atoms with Crippen LogP contribution in [0, 0.1) is 5.82 Å². The van der Waals surface area contributed by atoms with Gasteiger partial charge in [0.25, 0.3) is 5.91 Å². The topological polar surface area (TPSA) is 160 Å². The van der Waals surface area contributed by atoms with Gasteiger partial charge < -0.3 is 19.1 Å². The number of carbonyl (C=O) groups is 3. The lowest BCUT2D eigenvalue weighted by Gasteiger charge is -2.39. The number of aromatic nitrogens is 7. The summed E-state index contributed by atoms with van der Waals surface area (Å²) in [4.78, 5) is 46.5. The van der Waals surface area contributed by atoms with Gasteiger partial charge in [0.15, 0.2) is 12.0 Å². The number of hydrogen-bond donors (Lipinski definition) is 0. The van der Waals surface area contributed by atoms with Gasteiger partial charge in [-0.3, -0.25) is 14.4 Å². The molecule has 0 saturated carbocycles. The van der Waals surface area contributed by atoms with E-state index in [2.05, 4.69) is 25.6 Å². The van der Waals surface area contributed by atoms with Crippen molar-refractivity contribution in [3.63, 3.8) is 0 Å². The first kappa shape index (κ1) is 35.2. The highest BCUT2D eigenvalue weighted by molar-refractivity contribution is 6.33. The van der Waals surface area contributed by atoms with Crippen molar-refractivity contribution in [2.45, 2.75) is 65.3 Å². The summed E-state index contributed by atoms with van der Waals surface area (Å²) in [5.41, 5.74) is 0.100. The zero-order chi connectivity index (χ0) is 35.5. The normalized spacial score (nSPS) is 15.4. The van der Waals surface area contributed by atoms with E-state index in [0.717, 1.165) is 6.07 Å². The summed E-state index contributed by atoms with van der Waals surface area (Å²) in [7, 11) is 1.63. The average molecular weight is 698 g/mol. The van der Waals surface area contributed by atoms with Crippen LogP contribution in [0.25, 0.3) is 22.6 Å². The molecule has 49 heavy (non-hydrogen) atoms. The standard InChI is InChI=1S/C32H37ClFN9O6/c1-7-47-31(46)48-19(2)43-28(37-38-39-43)26-23(17-36-40(26)6)22-13-12-20(16-25(22)34)29(44)42(27-24(33)11-8-14-35-27)21-10-9-15-41(18-21)30(45)49-32(3,4)5/h8,11-14,16-17,19,21H,7,9-10,15,18H2,1-6H3/t19-,21+/m0/s1. The molecule has 1 aliphatic rings. The van der Waals surface area contributed by atoms with E-state index in [1.807, 2.05) is 0 Å². The summed E-state index contributed by atoms with van der Waals surface area (Å²) in [6.45, 7) is 9.28. The number of nitrogens with zero attached hydrogens (tertiary/aromatic N) is 9. The molecule has 15 nitrogen and oxygen atoms in total. The number of likely N-dealkylation sites (tertiary alicyclic amines) is 1. The summed E-state index contributed by atoms with van der Waals surface area (Å²) in [6, 6.07) is 6.81. The SMILES string of the molecule is CCOC(=O)O[C@@H](C)n1nnnc1-c1c(-c2ccc(C(=O)N(c3ncccc3Cl)[C@@H]3CCCN(C(=O)OC(C)(C)C)C3)cc2F)cnn1C. The van der Waals surface area contributed by atoms with E-state index in [9.17, 15) is 14.4 Å². The number of ether oxygens (including phenoxy) is 3. The Morgan fingerprint density at radius 3 is 2.65 bits per heavy atom. The van der Waals surface area contributed by atoms with Gasteiger partial charge >= 0.3 is 12.2 Å². The van der Waals surface area contributed by atoms with E-state index in [0.29, 0.717) is 30.6 Å². The van der Waals surface area contributed by atoms with E-state index >= 15 is 4.39 Å². The van der Waals surface area contributed by atoms with Crippen LogP contribution in [0.4, 0.5) is 19.8 Å². The third-order valence-corrected chi connectivity index (χ3v) is 7.92. The summed E-state index contributed by atoms with van der Waals surface area (Å²) in [6.07, 6.45) is 1.73. The number of anilines is 1. The van der Waals surface area contributed by atoms with Gasteiger partial charge in [-0.05, 0) is 82.2 Å². The van der Waals surface area contributed by atoms with Crippen LogP contribution in [0.1, 0.15) is 64.0 Å². The Morgan fingerprint density at radius 1 is 1.18 bits per heavy atom. The summed E-state index contributed by atoms with van der Waals surface area (Å²) in [5, 5.41) is 16.3. The number of aryl methyl sites for hydroxylation is 1. The number of halogens is 2. The minimum Gasteiger partial charge on any atom is -0.444 e. The zero-order valence-corrected chi connectivity index (χ0v) is 28.7. The molecule has 5 rings (SSSR count). The fourth-order valence-corrected chi connectivity index (χ4v) is 5.70. The van der Waals surface area contributed by atoms with Crippen molar-refractivity contribution in [1.82, 2.24) is 39.9 Å². The van der Waals surface area contributed by atoms with E-state index in [1.54, 1.807) is 58.7 Å². The first-order chi connectivity index (χ1) is 23.3. The highest BCUT2D eigenvalue weighted by Crippen LogP contribution is 2.35. The molecule has 4 heterocycles. The molecule has 1 saturated heterocycles. The lowest BCUT2D eigenvalue weighted by molar-refractivity contribution is 0.00136. The molecule has 2 amide bonds. The molecular formula is C32H37ClFN9O6. The molecule has 2 atom stereocenters. The number of hydrogen-bond acceptors (Lipinski definition) is 11. The van der Waals surface area contributed by atoms with Gasteiger partial charge in [-0.2, -0.15) is 9.78 Å². The van der Waals surface area contributed by atoms with Crippen molar-refractivity contribution >= 4 is 35.6 Å². The molecule has 1 aliphatic heterocycles. The number of piperidine rings is 1. The minimum atomic E-state index is -0.966. The van der Waals surface area contributed by atoms with Crippen LogP contribution in [-0.2, 0) is 21.3 Å². The smallest absolute Gasteiger partial charge is 0.444 e. The fraction of sp³-hybridized carbons (Fsp3) is 0.438. The molecule has 1 aromatic carbocycles. The molecule has 0 bridgehead atoms. The molecular weight excluding hydrogens is 661 g/mol. The molecule has 4 aromatic rings. The van der Waals surface area contributed by atoms with Crippen LogP contribution in [0.5, 0.6) is 0 Å². The number of rotatable bonds is 8. The number of tetrazole rings is 1. The zero-order valence-electron chi connectivity index (χ0n) is 28.0. The van der Waals surface area contributed by atoms with Crippen LogP contribution >= 0.6 is 11.6 Å². The maximum atomic E-state index is 16.1. The Bertz CT molecular complexity index is 1840. The Balaban J connectivity index is 1.47. The van der Waals surface area contributed by atoms with Gasteiger partial charge in [-0.25, -0.2) is 19.0 Å². The van der Waals surface area contributed by atoms with E-state index in [-0.39, 0.29) is 40.9 Å². The predicted octanol–water partition coefficient (Wildman–Crippen LogP) is 5.67. The molecule has 0 radical (unpaired) electrons. The average Bonchev–Trinajstić information content (AvgIpc) is 3.68. The minimum absolute atomic E-state index is 0.0316. The third-order valence-electron chi connectivity index (χ3n) is 7.62. The van der Waals surface area contributed by atoms with Gasteiger partial charge in [0.1, 0.15) is 17.1 Å². The Morgan fingerprint density at radius 2 is 1.96 bits per heavy atom. The van der Waals surface area contributed by atoms with Gasteiger partial charge in [-0.15, -0.1) is 5.10 Å². The molecule has 17 heteroatoms. The van der Waals surface area contributed by atoms with Crippen LogP contribution in [-0.4, -0.2) is 89.4 Å². The fourth-order valence-electron chi connectivity index (χ4n) is 5.49.